The van der Waals surface area contributed by atoms with Gasteiger partial charge in [0.05, 0.1) is 16.3 Å². The van der Waals surface area contributed by atoms with Crippen molar-refractivity contribution in [1.29, 1.82) is 0 Å². The lowest BCUT2D eigenvalue weighted by atomic mass is 10.2. The number of pyridine rings is 1. The van der Waals surface area contributed by atoms with Gasteiger partial charge in [-0.15, -0.1) is 0 Å². The number of carbonyl (C=O) groups excluding carboxylic acids is 1. The van der Waals surface area contributed by atoms with E-state index in [1.165, 1.54) is 12.3 Å². The molecule has 0 saturated heterocycles. The summed E-state index contributed by atoms with van der Waals surface area (Å²) in [6.45, 7) is 0. The second-order valence-corrected chi connectivity index (χ2v) is 4.18. The van der Waals surface area contributed by atoms with Crippen LogP contribution in [0, 0.1) is 11.6 Å². The summed E-state index contributed by atoms with van der Waals surface area (Å²) in [4.78, 5) is 15.7. The third kappa shape index (κ3) is 3.01. The van der Waals surface area contributed by atoms with E-state index in [0.717, 1.165) is 18.2 Å². The number of aromatic nitrogens is 1. The fraction of sp³-hybridized carbons (Fsp3) is 0. The molecule has 1 aromatic heterocycles. The molecule has 2 aromatic rings. The summed E-state index contributed by atoms with van der Waals surface area (Å²) in [5.74, 6) is 3.25. The molecule has 2 rings (SSSR count). The van der Waals surface area contributed by atoms with Crippen LogP contribution in [0.1, 0.15) is 10.4 Å². The molecule has 0 saturated carbocycles. The molecule has 0 aliphatic rings. The number of hydrogen-bond acceptors (Lipinski definition) is 4. The molecule has 0 fully saturated rings. The van der Waals surface area contributed by atoms with Crippen molar-refractivity contribution in [1.82, 2.24) is 4.98 Å². The van der Waals surface area contributed by atoms with Crippen LogP contribution in [0.15, 0.2) is 30.5 Å². The maximum atomic E-state index is 13.4. The Balaban J connectivity index is 2.24. The van der Waals surface area contributed by atoms with Gasteiger partial charge >= 0.3 is 0 Å². The summed E-state index contributed by atoms with van der Waals surface area (Å²) in [5, 5.41) is 2.35. The van der Waals surface area contributed by atoms with E-state index in [2.05, 4.69) is 15.7 Å². The molecule has 4 N–H and O–H groups in total. The van der Waals surface area contributed by atoms with Crippen LogP contribution >= 0.6 is 11.6 Å². The van der Waals surface area contributed by atoms with Crippen molar-refractivity contribution in [3.8, 4) is 0 Å². The lowest BCUT2D eigenvalue weighted by molar-refractivity contribution is 0.102. The van der Waals surface area contributed by atoms with E-state index in [4.69, 9.17) is 17.4 Å². The van der Waals surface area contributed by atoms with Crippen molar-refractivity contribution in [3.63, 3.8) is 0 Å². The highest BCUT2D eigenvalue weighted by Crippen LogP contribution is 2.21. The number of halogens is 3. The SMILES string of the molecule is NNc1ncc(C(=O)Nc2cc(F)ccc2F)cc1Cl. The molecule has 0 aliphatic carbocycles. The topological polar surface area (TPSA) is 80.0 Å². The van der Waals surface area contributed by atoms with Gasteiger partial charge in [0.15, 0.2) is 5.82 Å². The van der Waals surface area contributed by atoms with Gasteiger partial charge in [-0.25, -0.2) is 19.6 Å². The van der Waals surface area contributed by atoms with Crippen LogP contribution in [0.4, 0.5) is 20.3 Å². The Bertz CT molecular complexity index is 666. The van der Waals surface area contributed by atoms with Gasteiger partial charge in [0.25, 0.3) is 5.91 Å². The Morgan fingerprint density at radius 1 is 1.30 bits per heavy atom. The number of amides is 1. The first-order chi connectivity index (χ1) is 9.51. The molecule has 0 atom stereocenters. The molecule has 1 aromatic carbocycles. The lowest BCUT2D eigenvalue weighted by Crippen LogP contribution is -2.15. The van der Waals surface area contributed by atoms with E-state index in [1.54, 1.807) is 0 Å². The Morgan fingerprint density at radius 3 is 2.70 bits per heavy atom. The predicted molar refractivity (Wildman–Crippen MR) is 71.4 cm³/mol. The lowest BCUT2D eigenvalue weighted by Gasteiger charge is -2.08. The van der Waals surface area contributed by atoms with Gasteiger partial charge < -0.3 is 10.7 Å². The average Bonchev–Trinajstić information content (AvgIpc) is 2.42. The zero-order valence-corrected chi connectivity index (χ0v) is 10.7. The first-order valence-electron chi connectivity index (χ1n) is 5.40. The highest BCUT2D eigenvalue weighted by Gasteiger charge is 2.12. The molecule has 0 unspecified atom stereocenters. The van der Waals surface area contributed by atoms with Gasteiger partial charge in [-0.3, -0.25) is 4.79 Å². The highest BCUT2D eigenvalue weighted by atomic mass is 35.5. The molecule has 0 radical (unpaired) electrons. The monoisotopic (exact) mass is 298 g/mol. The fourth-order valence-electron chi connectivity index (χ4n) is 1.46. The minimum atomic E-state index is -0.751. The largest absolute Gasteiger partial charge is 0.319 e. The van der Waals surface area contributed by atoms with Crippen molar-refractivity contribution in [2.24, 2.45) is 5.84 Å². The smallest absolute Gasteiger partial charge is 0.257 e. The summed E-state index contributed by atoms with van der Waals surface area (Å²) < 4.78 is 26.4. The van der Waals surface area contributed by atoms with E-state index in [-0.39, 0.29) is 22.1 Å². The molecular formula is C12H9ClF2N4O. The quantitative estimate of drug-likeness (QED) is 0.601. The average molecular weight is 299 g/mol. The number of hydrogen-bond donors (Lipinski definition) is 3. The molecule has 1 heterocycles. The van der Waals surface area contributed by atoms with Crippen molar-refractivity contribution >= 4 is 29.0 Å². The summed E-state index contributed by atoms with van der Waals surface area (Å²) >= 11 is 5.81. The van der Waals surface area contributed by atoms with Gasteiger partial charge in [0.1, 0.15) is 11.6 Å². The summed E-state index contributed by atoms with van der Waals surface area (Å²) in [7, 11) is 0. The predicted octanol–water partition coefficient (Wildman–Crippen LogP) is 2.55. The third-order valence-electron chi connectivity index (χ3n) is 2.42. The van der Waals surface area contributed by atoms with Gasteiger partial charge in [-0.05, 0) is 18.2 Å². The number of carbonyl (C=O) groups is 1. The molecule has 5 nitrogen and oxygen atoms in total. The minimum absolute atomic E-state index is 0.0812. The number of hydrazine groups is 1. The first kappa shape index (κ1) is 14.2. The van der Waals surface area contributed by atoms with Crippen molar-refractivity contribution < 1.29 is 13.6 Å². The number of benzene rings is 1. The number of nitrogens with one attached hydrogen (secondary N) is 2. The van der Waals surface area contributed by atoms with Crippen molar-refractivity contribution in [2.75, 3.05) is 10.7 Å². The number of anilines is 2. The molecular weight excluding hydrogens is 290 g/mol. The molecule has 0 spiro atoms. The van der Waals surface area contributed by atoms with Crippen LogP contribution in [-0.2, 0) is 0 Å². The van der Waals surface area contributed by atoms with E-state index in [0.29, 0.717) is 0 Å². The zero-order valence-electron chi connectivity index (χ0n) is 9.95. The molecule has 0 aliphatic heterocycles. The van der Waals surface area contributed by atoms with Gasteiger partial charge in [0.2, 0.25) is 0 Å². The van der Waals surface area contributed by atoms with Crippen LogP contribution in [0.25, 0.3) is 0 Å². The Hall–Kier alpha value is -2.25. The summed E-state index contributed by atoms with van der Waals surface area (Å²) in [6, 6.07) is 4.04. The maximum Gasteiger partial charge on any atom is 0.257 e. The zero-order chi connectivity index (χ0) is 14.7. The van der Waals surface area contributed by atoms with Gasteiger partial charge in [0, 0.05) is 12.3 Å². The molecule has 1 amide bonds. The highest BCUT2D eigenvalue weighted by molar-refractivity contribution is 6.33. The molecule has 0 bridgehead atoms. The molecule has 104 valence electrons. The van der Waals surface area contributed by atoms with E-state index >= 15 is 0 Å². The van der Waals surface area contributed by atoms with E-state index in [1.807, 2.05) is 0 Å². The second-order valence-electron chi connectivity index (χ2n) is 3.78. The standard InChI is InChI=1S/C12H9ClF2N4O/c13-8-3-6(5-17-11(8)19-16)12(20)18-10-4-7(14)1-2-9(10)15/h1-5H,16H2,(H,17,19)(H,18,20). The van der Waals surface area contributed by atoms with E-state index < -0.39 is 17.5 Å². The third-order valence-corrected chi connectivity index (χ3v) is 2.70. The second kappa shape index (κ2) is 5.81. The van der Waals surface area contributed by atoms with Crippen LogP contribution in [0.3, 0.4) is 0 Å². The summed E-state index contributed by atoms with van der Waals surface area (Å²) in [5.41, 5.74) is 2.05. The van der Waals surface area contributed by atoms with Gasteiger partial charge in [-0.2, -0.15) is 0 Å². The minimum Gasteiger partial charge on any atom is -0.319 e. The van der Waals surface area contributed by atoms with Crippen LogP contribution in [0.5, 0.6) is 0 Å². The van der Waals surface area contributed by atoms with Crippen molar-refractivity contribution in [3.05, 3.63) is 52.7 Å². The first-order valence-corrected chi connectivity index (χ1v) is 5.77. The van der Waals surface area contributed by atoms with Crippen LogP contribution in [-0.4, -0.2) is 10.9 Å². The number of nitrogen functional groups attached to an aromatic ring is 1. The Labute approximate surface area is 117 Å². The Kier molecular flexibility index (Phi) is 4.11. The van der Waals surface area contributed by atoms with Crippen LogP contribution in [0.2, 0.25) is 5.02 Å². The normalized spacial score (nSPS) is 10.2. The van der Waals surface area contributed by atoms with E-state index in [9.17, 15) is 13.6 Å². The maximum absolute atomic E-state index is 13.4. The Morgan fingerprint density at radius 2 is 2.05 bits per heavy atom. The summed E-state index contributed by atoms with van der Waals surface area (Å²) in [6.07, 6.45) is 1.20. The fourth-order valence-corrected chi connectivity index (χ4v) is 1.68. The number of nitrogens with two attached hydrogens (primary N) is 1. The van der Waals surface area contributed by atoms with Crippen molar-refractivity contribution in [2.45, 2.75) is 0 Å². The van der Waals surface area contributed by atoms with Gasteiger partial charge in [-0.1, -0.05) is 11.6 Å². The number of nitrogens with zero attached hydrogens (tertiary/aromatic N) is 1. The number of rotatable bonds is 3. The molecule has 8 heteroatoms. The van der Waals surface area contributed by atoms with Crippen LogP contribution < -0.4 is 16.6 Å². The molecule has 20 heavy (non-hydrogen) atoms.